The summed E-state index contributed by atoms with van der Waals surface area (Å²) in [5.41, 5.74) is 3.00. The van der Waals surface area contributed by atoms with E-state index >= 15 is 0 Å². The summed E-state index contributed by atoms with van der Waals surface area (Å²) in [5.74, 6) is -1.74. The Kier molecular flexibility index (Phi) is 6.32. The van der Waals surface area contributed by atoms with Crippen LogP contribution in [-0.4, -0.2) is 17.1 Å². The first-order valence-corrected chi connectivity index (χ1v) is 11.8. The molecule has 0 N–H and O–H groups in total. The third-order valence-corrected chi connectivity index (χ3v) is 6.99. The lowest BCUT2D eigenvalue weighted by molar-refractivity contribution is 0.0600. The highest BCUT2D eigenvalue weighted by Crippen LogP contribution is 2.39. The minimum atomic E-state index is -0.635. The van der Waals surface area contributed by atoms with E-state index < -0.39 is 17.6 Å². The highest BCUT2D eigenvalue weighted by molar-refractivity contribution is 7.98. The van der Waals surface area contributed by atoms with E-state index in [2.05, 4.69) is 0 Å². The number of hydrogen-bond donors (Lipinski definition) is 0. The van der Waals surface area contributed by atoms with Crippen molar-refractivity contribution in [2.75, 3.05) is 7.11 Å². The lowest BCUT2D eigenvalue weighted by Gasteiger charge is -2.12. The topological polar surface area (TPSA) is 31.2 Å². The molecule has 3 nitrogen and oxygen atoms in total. The second-order valence-corrected chi connectivity index (χ2v) is 9.21. The fourth-order valence-electron chi connectivity index (χ4n) is 3.95. The molecule has 1 aromatic heterocycles. The van der Waals surface area contributed by atoms with Crippen molar-refractivity contribution in [3.8, 4) is 22.4 Å². The van der Waals surface area contributed by atoms with Gasteiger partial charge in [0.25, 0.3) is 0 Å². The monoisotopic (exact) mass is 505 g/mol. The second-order valence-electron chi connectivity index (χ2n) is 7.78. The Bertz CT molecular complexity index is 1550. The molecule has 174 valence electrons. The van der Waals surface area contributed by atoms with Crippen LogP contribution in [0.25, 0.3) is 33.3 Å². The summed E-state index contributed by atoms with van der Waals surface area (Å²) in [6.45, 7) is 0. The number of esters is 1. The van der Waals surface area contributed by atoms with Crippen LogP contribution in [0.15, 0.2) is 95.9 Å². The third-order valence-electron chi connectivity index (χ3n) is 5.62. The van der Waals surface area contributed by atoms with Gasteiger partial charge in [0, 0.05) is 20.9 Å². The highest BCUT2D eigenvalue weighted by atomic mass is 35.5. The van der Waals surface area contributed by atoms with Crippen molar-refractivity contribution in [3.05, 3.63) is 113 Å². The largest absolute Gasteiger partial charge is 0.465 e. The SMILES string of the molecule is COC(=O)c1ccc(-c2ccc3c(c2)cc(-c2c(F)cccc2F)n3Sc2ccccc2)c(Cl)c1. The lowest BCUT2D eigenvalue weighted by Crippen LogP contribution is -2.00. The number of ether oxygens (including phenoxy) is 1. The zero-order valence-corrected chi connectivity index (χ0v) is 20.0. The van der Waals surface area contributed by atoms with Gasteiger partial charge in [-0.3, -0.25) is 3.97 Å². The van der Waals surface area contributed by atoms with Gasteiger partial charge in [0.1, 0.15) is 11.6 Å². The van der Waals surface area contributed by atoms with Crippen LogP contribution in [0.5, 0.6) is 0 Å². The standard InChI is InChI=1S/C28H18ClF2NO2S/c1-34-28(33)18-10-12-21(22(29)15-18)17-11-13-25-19(14-17)16-26(27-23(30)8-5-9-24(27)31)32(25)35-20-6-3-2-4-7-20/h2-16H,1H3. The fraction of sp³-hybridized carbons (Fsp3) is 0.0357. The van der Waals surface area contributed by atoms with Gasteiger partial charge in [0.05, 0.1) is 29.4 Å². The van der Waals surface area contributed by atoms with Gasteiger partial charge in [0.15, 0.2) is 0 Å². The Labute approximate surface area is 210 Å². The summed E-state index contributed by atoms with van der Waals surface area (Å²) >= 11 is 7.86. The Balaban J connectivity index is 1.67. The summed E-state index contributed by atoms with van der Waals surface area (Å²) in [5, 5.41) is 1.18. The minimum absolute atomic E-state index is 0.0888. The van der Waals surface area contributed by atoms with Crippen molar-refractivity contribution in [2.45, 2.75) is 4.90 Å². The van der Waals surface area contributed by atoms with E-state index in [1.807, 2.05) is 52.5 Å². The first-order chi connectivity index (χ1) is 17.0. The quantitative estimate of drug-likeness (QED) is 0.225. The number of nitrogens with zero attached hydrogens (tertiary/aromatic N) is 1. The van der Waals surface area contributed by atoms with Gasteiger partial charge in [-0.1, -0.05) is 48.0 Å². The zero-order valence-electron chi connectivity index (χ0n) is 18.5. The van der Waals surface area contributed by atoms with Crippen LogP contribution in [0.1, 0.15) is 10.4 Å². The van der Waals surface area contributed by atoms with E-state index in [4.69, 9.17) is 16.3 Å². The molecule has 4 aromatic carbocycles. The van der Waals surface area contributed by atoms with E-state index in [1.54, 1.807) is 24.3 Å². The summed E-state index contributed by atoms with van der Waals surface area (Å²) in [7, 11) is 1.31. The molecule has 5 rings (SSSR count). The van der Waals surface area contributed by atoms with Crippen LogP contribution in [0, 0.1) is 11.6 Å². The van der Waals surface area contributed by atoms with Gasteiger partial charge in [-0.25, -0.2) is 13.6 Å². The zero-order chi connectivity index (χ0) is 24.5. The van der Waals surface area contributed by atoms with Gasteiger partial charge in [-0.2, -0.15) is 0 Å². The van der Waals surface area contributed by atoms with Crippen molar-refractivity contribution in [2.24, 2.45) is 0 Å². The molecule has 0 aliphatic heterocycles. The van der Waals surface area contributed by atoms with Gasteiger partial charge in [-0.05, 0) is 72.1 Å². The number of carbonyl (C=O) groups is 1. The molecule has 0 saturated carbocycles. The normalized spacial score (nSPS) is 11.1. The summed E-state index contributed by atoms with van der Waals surface area (Å²) in [6, 6.07) is 25.9. The molecule has 0 atom stereocenters. The minimum Gasteiger partial charge on any atom is -0.465 e. The number of halogens is 3. The smallest absolute Gasteiger partial charge is 0.337 e. The molecular formula is C28H18ClF2NO2S. The molecule has 0 radical (unpaired) electrons. The maximum atomic E-state index is 14.8. The average Bonchev–Trinajstić information content (AvgIpc) is 3.21. The van der Waals surface area contributed by atoms with Crippen molar-refractivity contribution in [1.82, 2.24) is 3.97 Å². The van der Waals surface area contributed by atoms with E-state index in [0.717, 1.165) is 26.9 Å². The van der Waals surface area contributed by atoms with Crippen LogP contribution in [0.2, 0.25) is 5.02 Å². The lowest BCUT2D eigenvalue weighted by atomic mass is 10.0. The van der Waals surface area contributed by atoms with Crippen molar-refractivity contribution >= 4 is 40.4 Å². The molecule has 0 unspecified atom stereocenters. The number of aromatic nitrogens is 1. The van der Waals surface area contributed by atoms with E-state index in [1.165, 1.54) is 37.3 Å². The molecule has 7 heteroatoms. The molecule has 0 aliphatic carbocycles. The molecule has 0 saturated heterocycles. The first kappa shape index (κ1) is 23.1. The van der Waals surface area contributed by atoms with E-state index in [-0.39, 0.29) is 5.56 Å². The molecule has 35 heavy (non-hydrogen) atoms. The molecule has 0 spiro atoms. The Morgan fingerprint density at radius 2 is 1.63 bits per heavy atom. The van der Waals surface area contributed by atoms with Crippen molar-refractivity contribution in [3.63, 3.8) is 0 Å². The Morgan fingerprint density at radius 1 is 0.886 bits per heavy atom. The summed E-state index contributed by atoms with van der Waals surface area (Å²) < 4.78 is 36.2. The number of carbonyl (C=O) groups excluding carboxylic acids is 1. The Hall–Kier alpha value is -3.61. The maximum Gasteiger partial charge on any atom is 0.337 e. The predicted octanol–water partition coefficient (Wildman–Crippen LogP) is 8.25. The number of hydrogen-bond acceptors (Lipinski definition) is 3. The van der Waals surface area contributed by atoms with Gasteiger partial charge in [0.2, 0.25) is 0 Å². The van der Waals surface area contributed by atoms with E-state index in [0.29, 0.717) is 16.3 Å². The van der Waals surface area contributed by atoms with Crippen LogP contribution in [0.4, 0.5) is 8.78 Å². The number of methoxy groups -OCH3 is 1. The van der Waals surface area contributed by atoms with Crippen LogP contribution < -0.4 is 0 Å². The second kappa shape index (κ2) is 9.56. The first-order valence-electron chi connectivity index (χ1n) is 10.7. The molecule has 1 heterocycles. The van der Waals surface area contributed by atoms with Gasteiger partial charge < -0.3 is 4.74 Å². The van der Waals surface area contributed by atoms with Crippen molar-refractivity contribution in [1.29, 1.82) is 0 Å². The molecule has 0 fully saturated rings. The summed E-state index contributed by atoms with van der Waals surface area (Å²) in [6.07, 6.45) is 0. The number of fused-ring (bicyclic) bond motifs is 1. The van der Waals surface area contributed by atoms with Crippen LogP contribution in [-0.2, 0) is 4.74 Å². The van der Waals surface area contributed by atoms with Gasteiger partial charge >= 0.3 is 5.97 Å². The molecule has 0 aliphatic rings. The third kappa shape index (κ3) is 4.43. The van der Waals surface area contributed by atoms with Gasteiger partial charge in [-0.15, -0.1) is 0 Å². The number of rotatable bonds is 5. The summed E-state index contributed by atoms with van der Waals surface area (Å²) in [4.78, 5) is 12.7. The highest BCUT2D eigenvalue weighted by Gasteiger charge is 2.20. The van der Waals surface area contributed by atoms with Crippen molar-refractivity contribution < 1.29 is 18.3 Å². The predicted molar refractivity (Wildman–Crippen MR) is 137 cm³/mol. The maximum absolute atomic E-state index is 14.8. The fourth-order valence-corrected chi connectivity index (χ4v) is 5.24. The van der Waals surface area contributed by atoms with Crippen LogP contribution in [0.3, 0.4) is 0 Å². The van der Waals surface area contributed by atoms with Crippen LogP contribution >= 0.6 is 23.5 Å². The Morgan fingerprint density at radius 3 is 2.31 bits per heavy atom. The molecule has 5 aromatic rings. The molecule has 0 bridgehead atoms. The number of benzene rings is 4. The molecule has 0 amide bonds. The average molecular weight is 506 g/mol. The van der Waals surface area contributed by atoms with E-state index in [9.17, 15) is 13.6 Å². The molecular weight excluding hydrogens is 488 g/mol.